The third kappa shape index (κ3) is 2.64. The zero-order valence-electron chi connectivity index (χ0n) is 12.0. The average molecular weight is 289 g/mol. The maximum Gasteiger partial charge on any atom is 0.245 e. The maximum atomic E-state index is 12.4. The molecule has 0 aliphatic carbocycles. The number of amides is 2. The quantitative estimate of drug-likeness (QED) is 0.812. The number of hydrogen-bond acceptors (Lipinski definition) is 4. The first-order valence-electron chi connectivity index (χ1n) is 7.09. The van der Waals surface area contributed by atoms with Gasteiger partial charge in [0.05, 0.1) is 13.2 Å². The predicted molar refractivity (Wildman–Crippen MR) is 76.1 cm³/mol. The van der Waals surface area contributed by atoms with Gasteiger partial charge < -0.3 is 15.4 Å². The van der Waals surface area contributed by atoms with Crippen molar-refractivity contribution in [2.45, 2.75) is 25.2 Å². The first-order chi connectivity index (χ1) is 10.1. The van der Waals surface area contributed by atoms with Crippen LogP contribution in [-0.2, 0) is 20.9 Å². The smallest absolute Gasteiger partial charge is 0.245 e. The summed E-state index contributed by atoms with van der Waals surface area (Å²) < 4.78 is 5.68. The molecular weight excluding hydrogens is 270 g/mol. The topological polar surface area (TPSA) is 70.7 Å². The fourth-order valence-corrected chi connectivity index (χ4v) is 2.89. The van der Waals surface area contributed by atoms with Gasteiger partial charge in [0.1, 0.15) is 6.04 Å². The summed E-state index contributed by atoms with van der Waals surface area (Å²) in [5, 5.41) is 5.89. The Kier molecular flexibility index (Phi) is 3.65. The van der Waals surface area contributed by atoms with Gasteiger partial charge >= 0.3 is 0 Å². The van der Waals surface area contributed by atoms with Gasteiger partial charge in [0.15, 0.2) is 5.72 Å². The lowest BCUT2D eigenvalue weighted by molar-refractivity contribution is -0.155. The van der Waals surface area contributed by atoms with Crippen LogP contribution < -0.4 is 10.6 Å². The summed E-state index contributed by atoms with van der Waals surface area (Å²) >= 11 is 0. The van der Waals surface area contributed by atoms with Crippen LogP contribution in [0.15, 0.2) is 30.3 Å². The summed E-state index contributed by atoms with van der Waals surface area (Å²) in [4.78, 5) is 26.0. The Bertz CT molecular complexity index is 548. The lowest BCUT2D eigenvalue weighted by Crippen LogP contribution is -2.63. The summed E-state index contributed by atoms with van der Waals surface area (Å²) in [6.45, 7) is 3.32. The first-order valence-corrected chi connectivity index (χ1v) is 7.09. The van der Waals surface area contributed by atoms with E-state index < -0.39 is 11.8 Å². The van der Waals surface area contributed by atoms with Crippen molar-refractivity contribution in [3.8, 4) is 0 Å². The number of rotatable bonds is 3. The van der Waals surface area contributed by atoms with Gasteiger partial charge in [0.2, 0.25) is 11.8 Å². The van der Waals surface area contributed by atoms with Crippen molar-refractivity contribution in [1.82, 2.24) is 15.5 Å². The molecule has 6 nitrogen and oxygen atoms in total. The summed E-state index contributed by atoms with van der Waals surface area (Å²) in [7, 11) is 0. The van der Waals surface area contributed by atoms with Crippen LogP contribution in [-0.4, -0.2) is 48.2 Å². The molecule has 112 valence electrons. The number of benzene rings is 1. The van der Waals surface area contributed by atoms with E-state index >= 15 is 0 Å². The average Bonchev–Trinajstić information content (AvgIpc) is 2.85. The molecule has 0 radical (unpaired) electrons. The van der Waals surface area contributed by atoms with E-state index in [1.54, 1.807) is 4.90 Å². The van der Waals surface area contributed by atoms with E-state index in [0.717, 1.165) is 5.56 Å². The van der Waals surface area contributed by atoms with Gasteiger partial charge in [-0.15, -0.1) is 0 Å². The number of carbonyl (C=O) groups excluding carboxylic acids is 2. The van der Waals surface area contributed by atoms with Crippen LogP contribution in [0.5, 0.6) is 0 Å². The molecule has 0 saturated carbocycles. The van der Waals surface area contributed by atoms with Crippen molar-refractivity contribution in [2.75, 3.05) is 19.7 Å². The molecule has 3 rings (SSSR count). The van der Waals surface area contributed by atoms with Gasteiger partial charge in [0, 0.05) is 13.1 Å². The number of nitrogens with zero attached hydrogens (tertiary/aromatic N) is 1. The third-order valence-electron chi connectivity index (χ3n) is 3.98. The van der Waals surface area contributed by atoms with E-state index in [1.165, 1.54) is 0 Å². The molecule has 1 aromatic rings. The van der Waals surface area contributed by atoms with Crippen molar-refractivity contribution in [3.63, 3.8) is 0 Å². The van der Waals surface area contributed by atoms with E-state index in [4.69, 9.17) is 4.74 Å². The van der Waals surface area contributed by atoms with Crippen molar-refractivity contribution < 1.29 is 14.3 Å². The molecule has 2 amide bonds. The molecule has 2 heterocycles. The zero-order chi connectivity index (χ0) is 14.9. The maximum absolute atomic E-state index is 12.4. The van der Waals surface area contributed by atoms with Gasteiger partial charge in [-0.2, -0.15) is 0 Å². The largest absolute Gasteiger partial charge is 0.352 e. The highest BCUT2D eigenvalue weighted by atomic mass is 16.5. The third-order valence-corrected chi connectivity index (χ3v) is 3.98. The number of hydrogen-bond donors (Lipinski definition) is 2. The molecule has 2 fully saturated rings. The fraction of sp³-hybridized carbons (Fsp3) is 0.467. The fourth-order valence-electron chi connectivity index (χ4n) is 2.89. The second-order valence-electron chi connectivity index (χ2n) is 5.57. The molecule has 0 unspecified atom stereocenters. The summed E-state index contributed by atoms with van der Waals surface area (Å²) in [6.07, 6.45) is 0. The highest BCUT2D eigenvalue weighted by Gasteiger charge is 2.51. The molecule has 1 aromatic carbocycles. The minimum absolute atomic E-state index is 0.0962. The normalized spacial score (nSPS) is 28.3. The van der Waals surface area contributed by atoms with E-state index in [0.29, 0.717) is 13.1 Å². The van der Waals surface area contributed by atoms with Gasteiger partial charge in [-0.1, -0.05) is 30.3 Å². The van der Waals surface area contributed by atoms with E-state index in [2.05, 4.69) is 10.6 Å². The Balaban J connectivity index is 1.66. The molecule has 0 bridgehead atoms. The monoisotopic (exact) mass is 289 g/mol. The Labute approximate surface area is 123 Å². The second-order valence-corrected chi connectivity index (χ2v) is 5.57. The molecule has 2 saturated heterocycles. The van der Waals surface area contributed by atoms with Gasteiger partial charge in [0.25, 0.3) is 0 Å². The predicted octanol–water partition coefficient (Wildman–Crippen LogP) is -0.150. The molecule has 0 aromatic heterocycles. The number of fused-ring (bicyclic) bond motifs is 1. The first kappa shape index (κ1) is 14.0. The van der Waals surface area contributed by atoms with E-state index in [1.807, 2.05) is 37.3 Å². The van der Waals surface area contributed by atoms with Gasteiger partial charge in [-0.05, 0) is 12.5 Å². The minimum atomic E-state index is -0.718. The molecule has 6 heteroatoms. The number of nitrogens with one attached hydrogen (secondary N) is 2. The zero-order valence-corrected chi connectivity index (χ0v) is 12.0. The Morgan fingerprint density at radius 3 is 3.00 bits per heavy atom. The Hall–Kier alpha value is -1.92. The molecular formula is C15H19N3O3. The van der Waals surface area contributed by atoms with E-state index in [9.17, 15) is 9.59 Å². The van der Waals surface area contributed by atoms with Crippen LogP contribution in [0.25, 0.3) is 0 Å². The van der Waals surface area contributed by atoms with Crippen LogP contribution in [0.3, 0.4) is 0 Å². The van der Waals surface area contributed by atoms with Gasteiger partial charge in [-0.3, -0.25) is 14.5 Å². The highest BCUT2D eigenvalue weighted by molar-refractivity contribution is 5.90. The number of ether oxygens (including phenoxy) is 1. The summed E-state index contributed by atoms with van der Waals surface area (Å²) in [5.74, 6) is -0.265. The molecule has 2 N–H and O–H groups in total. The standard InChI is InChI=1S/C15H19N3O3/c1-15-10-16-8-13(19)18(15)12(9-21-15)14(20)17-7-11-5-3-2-4-6-11/h2-6,12,16H,7-10H2,1H3,(H,17,20)/t12-,15-/m0/s1. The second kappa shape index (κ2) is 5.46. The summed E-state index contributed by atoms with van der Waals surface area (Å²) in [5.41, 5.74) is 0.309. The number of carbonyl (C=O) groups is 2. The van der Waals surface area contributed by atoms with E-state index in [-0.39, 0.29) is 25.0 Å². The van der Waals surface area contributed by atoms with Crippen LogP contribution in [0.2, 0.25) is 0 Å². The van der Waals surface area contributed by atoms with Crippen molar-refractivity contribution in [2.24, 2.45) is 0 Å². The van der Waals surface area contributed by atoms with Crippen molar-refractivity contribution in [1.29, 1.82) is 0 Å². The van der Waals surface area contributed by atoms with Crippen LogP contribution >= 0.6 is 0 Å². The highest BCUT2D eigenvalue weighted by Crippen LogP contribution is 2.29. The summed E-state index contributed by atoms with van der Waals surface area (Å²) in [6, 6.07) is 9.14. The van der Waals surface area contributed by atoms with Crippen LogP contribution in [0, 0.1) is 0 Å². The molecule has 0 spiro atoms. The molecule has 2 atom stereocenters. The van der Waals surface area contributed by atoms with Crippen LogP contribution in [0.4, 0.5) is 0 Å². The van der Waals surface area contributed by atoms with Crippen LogP contribution in [0.1, 0.15) is 12.5 Å². The molecule has 2 aliphatic heterocycles. The Morgan fingerprint density at radius 2 is 2.24 bits per heavy atom. The molecule has 21 heavy (non-hydrogen) atoms. The van der Waals surface area contributed by atoms with Crippen molar-refractivity contribution in [3.05, 3.63) is 35.9 Å². The number of piperazine rings is 1. The lowest BCUT2D eigenvalue weighted by atomic mass is 10.1. The molecule has 2 aliphatic rings. The Morgan fingerprint density at radius 1 is 1.48 bits per heavy atom. The lowest BCUT2D eigenvalue weighted by Gasteiger charge is -2.39. The minimum Gasteiger partial charge on any atom is -0.352 e. The van der Waals surface area contributed by atoms with Crippen molar-refractivity contribution >= 4 is 11.8 Å². The van der Waals surface area contributed by atoms with Gasteiger partial charge in [-0.25, -0.2) is 0 Å². The SMILES string of the molecule is C[C@]12CNCC(=O)N1[C@H](C(=O)NCc1ccccc1)CO2.